The van der Waals surface area contributed by atoms with Crippen molar-refractivity contribution in [1.29, 1.82) is 0 Å². The molecule has 2 unspecified atom stereocenters. The van der Waals surface area contributed by atoms with Crippen molar-refractivity contribution < 1.29 is 4.79 Å². The molecule has 0 rings (SSSR count). The Kier molecular flexibility index (Phi) is 6.01. The van der Waals surface area contributed by atoms with Gasteiger partial charge in [-0.1, -0.05) is 41.0 Å². The lowest BCUT2D eigenvalue weighted by molar-refractivity contribution is -0.125. The Morgan fingerprint density at radius 3 is 2.06 bits per heavy atom. The second kappa shape index (κ2) is 6.24. The Bertz CT molecular complexity index is 226. The van der Waals surface area contributed by atoms with Gasteiger partial charge in [0.2, 0.25) is 5.91 Å². The molecule has 0 aliphatic rings. The van der Waals surface area contributed by atoms with E-state index < -0.39 is 5.54 Å². The van der Waals surface area contributed by atoms with Crippen LogP contribution in [-0.4, -0.2) is 18.0 Å². The molecule has 0 aromatic rings. The van der Waals surface area contributed by atoms with Gasteiger partial charge in [-0.15, -0.1) is 0 Å². The molecule has 0 bridgehead atoms. The van der Waals surface area contributed by atoms with Crippen LogP contribution in [0.15, 0.2) is 0 Å². The Balaban J connectivity index is 4.50. The third-order valence-electron chi connectivity index (χ3n) is 3.87. The van der Waals surface area contributed by atoms with Crippen LogP contribution in [-0.2, 0) is 4.79 Å². The zero-order valence-corrected chi connectivity index (χ0v) is 11.6. The van der Waals surface area contributed by atoms with Gasteiger partial charge in [-0.05, 0) is 31.2 Å². The Morgan fingerprint density at radius 1 is 1.31 bits per heavy atom. The molecule has 96 valence electrons. The van der Waals surface area contributed by atoms with Crippen LogP contribution >= 0.6 is 0 Å². The molecule has 1 amide bonds. The summed E-state index contributed by atoms with van der Waals surface area (Å²) in [5, 5.41) is 3.35. The van der Waals surface area contributed by atoms with Crippen LogP contribution in [0.2, 0.25) is 0 Å². The summed E-state index contributed by atoms with van der Waals surface area (Å²) in [6.45, 7) is 13.4. The van der Waals surface area contributed by atoms with Gasteiger partial charge in [0.25, 0.3) is 0 Å². The van der Waals surface area contributed by atoms with Gasteiger partial charge in [0, 0.05) is 0 Å². The number of carbonyl (C=O) groups is 1. The first kappa shape index (κ1) is 15.4. The summed E-state index contributed by atoms with van der Waals surface area (Å²) in [5.74, 6) is 1.16. The fraction of sp³-hybridized carbons (Fsp3) is 0.923. The van der Waals surface area contributed by atoms with Crippen LogP contribution in [0.5, 0.6) is 0 Å². The fourth-order valence-corrected chi connectivity index (χ4v) is 1.77. The largest absolute Gasteiger partial charge is 0.368 e. The maximum Gasteiger partial charge on any atom is 0.237 e. The first-order valence-corrected chi connectivity index (χ1v) is 6.30. The highest BCUT2D eigenvalue weighted by Crippen LogP contribution is 2.19. The van der Waals surface area contributed by atoms with Gasteiger partial charge >= 0.3 is 0 Å². The third kappa shape index (κ3) is 3.78. The number of nitrogens with one attached hydrogen (secondary N) is 1. The van der Waals surface area contributed by atoms with Gasteiger partial charge in [-0.3, -0.25) is 4.79 Å². The Hall–Kier alpha value is -0.570. The van der Waals surface area contributed by atoms with E-state index in [4.69, 9.17) is 5.73 Å². The highest BCUT2D eigenvalue weighted by atomic mass is 16.1. The molecule has 2 atom stereocenters. The summed E-state index contributed by atoms with van der Waals surface area (Å²) >= 11 is 0. The summed E-state index contributed by atoms with van der Waals surface area (Å²) in [5.41, 5.74) is 4.88. The lowest BCUT2D eigenvalue weighted by Crippen LogP contribution is -2.58. The standard InChI is InChI=1S/C13H28N2O/c1-7-11(9(2)3)8-15-13(6,10(4)5)12(14)16/h9-11,15H,7-8H2,1-6H3,(H2,14,16). The molecule has 0 aromatic heterocycles. The molecule has 0 saturated carbocycles. The highest BCUT2D eigenvalue weighted by molar-refractivity contribution is 5.84. The van der Waals surface area contributed by atoms with Crippen molar-refractivity contribution in [2.45, 2.75) is 53.5 Å². The number of rotatable bonds is 7. The molecule has 0 aliphatic heterocycles. The Labute approximate surface area is 100 Å². The van der Waals surface area contributed by atoms with E-state index in [-0.39, 0.29) is 11.8 Å². The predicted molar refractivity (Wildman–Crippen MR) is 69.1 cm³/mol. The van der Waals surface area contributed by atoms with Gasteiger partial charge in [-0.2, -0.15) is 0 Å². The highest BCUT2D eigenvalue weighted by Gasteiger charge is 2.34. The number of primary amides is 1. The molecule has 0 spiro atoms. The molecular formula is C13H28N2O. The molecule has 3 heteroatoms. The third-order valence-corrected chi connectivity index (χ3v) is 3.87. The normalized spacial score (nSPS) is 17.5. The van der Waals surface area contributed by atoms with Crippen LogP contribution in [0, 0.1) is 17.8 Å². The van der Waals surface area contributed by atoms with Crippen molar-refractivity contribution in [3.63, 3.8) is 0 Å². The SMILES string of the molecule is CCC(CNC(C)(C(N)=O)C(C)C)C(C)C. The maximum absolute atomic E-state index is 11.5. The first-order valence-electron chi connectivity index (χ1n) is 6.30. The summed E-state index contributed by atoms with van der Waals surface area (Å²) in [4.78, 5) is 11.5. The molecule has 0 fully saturated rings. The smallest absolute Gasteiger partial charge is 0.237 e. The van der Waals surface area contributed by atoms with Crippen LogP contribution < -0.4 is 11.1 Å². The number of hydrogen-bond acceptors (Lipinski definition) is 2. The molecule has 0 heterocycles. The second-order valence-corrected chi connectivity index (χ2v) is 5.51. The summed E-state index contributed by atoms with van der Waals surface area (Å²) in [7, 11) is 0. The van der Waals surface area contributed by atoms with E-state index in [1.165, 1.54) is 0 Å². The van der Waals surface area contributed by atoms with E-state index in [2.05, 4.69) is 26.1 Å². The zero-order chi connectivity index (χ0) is 12.9. The lowest BCUT2D eigenvalue weighted by atomic mass is 9.85. The van der Waals surface area contributed by atoms with Crippen molar-refractivity contribution in [1.82, 2.24) is 5.32 Å². The topological polar surface area (TPSA) is 55.1 Å². The van der Waals surface area contributed by atoms with Gasteiger partial charge in [0.1, 0.15) is 0 Å². The molecular weight excluding hydrogens is 200 g/mol. The predicted octanol–water partition coefficient (Wildman–Crippen LogP) is 2.16. The van der Waals surface area contributed by atoms with Crippen LogP contribution in [0.1, 0.15) is 48.0 Å². The lowest BCUT2D eigenvalue weighted by Gasteiger charge is -2.34. The van der Waals surface area contributed by atoms with E-state index in [1.54, 1.807) is 0 Å². The van der Waals surface area contributed by atoms with E-state index in [1.807, 2.05) is 20.8 Å². The van der Waals surface area contributed by atoms with Crippen LogP contribution in [0.25, 0.3) is 0 Å². The quantitative estimate of drug-likeness (QED) is 0.701. The minimum Gasteiger partial charge on any atom is -0.368 e. The minimum absolute atomic E-state index is 0.203. The number of hydrogen-bond donors (Lipinski definition) is 2. The van der Waals surface area contributed by atoms with E-state index in [9.17, 15) is 4.79 Å². The summed E-state index contributed by atoms with van der Waals surface area (Å²) in [6.07, 6.45) is 1.12. The first-order chi connectivity index (χ1) is 7.25. The minimum atomic E-state index is -0.595. The van der Waals surface area contributed by atoms with Crippen molar-refractivity contribution in [3.05, 3.63) is 0 Å². The van der Waals surface area contributed by atoms with E-state index in [0.29, 0.717) is 11.8 Å². The average molecular weight is 228 g/mol. The molecule has 16 heavy (non-hydrogen) atoms. The molecule has 0 radical (unpaired) electrons. The van der Waals surface area contributed by atoms with Gasteiger partial charge in [0.05, 0.1) is 5.54 Å². The molecule has 0 aliphatic carbocycles. The monoisotopic (exact) mass is 228 g/mol. The van der Waals surface area contributed by atoms with E-state index in [0.717, 1.165) is 13.0 Å². The van der Waals surface area contributed by atoms with Crippen molar-refractivity contribution in [2.75, 3.05) is 6.54 Å². The summed E-state index contributed by atoms with van der Waals surface area (Å²) in [6, 6.07) is 0. The van der Waals surface area contributed by atoms with Gasteiger partial charge < -0.3 is 11.1 Å². The average Bonchev–Trinajstić information content (AvgIpc) is 2.16. The van der Waals surface area contributed by atoms with Gasteiger partial charge in [-0.25, -0.2) is 0 Å². The number of amides is 1. The van der Waals surface area contributed by atoms with Crippen LogP contribution in [0.4, 0.5) is 0 Å². The van der Waals surface area contributed by atoms with Crippen molar-refractivity contribution >= 4 is 5.91 Å². The van der Waals surface area contributed by atoms with E-state index >= 15 is 0 Å². The van der Waals surface area contributed by atoms with Gasteiger partial charge in [0.15, 0.2) is 0 Å². The molecule has 3 N–H and O–H groups in total. The van der Waals surface area contributed by atoms with Crippen molar-refractivity contribution in [2.24, 2.45) is 23.5 Å². The zero-order valence-electron chi connectivity index (χ0n) is 11.6. The number of carbonyl (C=O) groups excluding carboxylic acids is 1. The maximum atomic E-state index is 11.5. The Morgan fingerprint density at radius 2 is 1.81 bits per heavy atom. The number of nitrogens with two attached hydrogens (primary N) is 1. The molecule has 3 nitrogen and oxygen atoms in total. The van der Waals surface area contributed by atoms with Crippen molar-refractivity contribution in [3.8, 4) is 0 Å². The fourth-order valence-electron chi connectivity index (χ4n) is 1.77. The summed E-state index contributed by atoms with van der Waals surface area (Å²) < 4.78 is 0. The second-order valence-electron chi connectivity index (χ2n) is 5.51. The molecule has 0 saturated heterocycles. The molecule has 0 aromatic carbocycles. The van der Waals surface area contributed by atoms with Crippen LogP contribution in [0.3, 0.4) is 0 Å².